The van der Waals surface area contributed by atoms with E-state index in [1.807, 2.05) is 0 Å². The van der Waals surface area contributed by atoms with Gasteiger partial charge in [0.15, 0.2) is 0 Å². The Morgan fingerprint density at radius 2 is 1.95 bits per heavy atom. The molecule has 2 rings (SSSR count). The van der Waals surface area contributed by atoms with Crippen molar-refractivity contribution in [1.29, 1.82) is 0 Å². The molecule has 5 N–H and O–H groups in total. The number of carbonyl (C=O) groups is 3. The smallest absolute Gasteiger partial charge is 0.242 e. The van der Waals surface area contributed by atoms with Crippen LogP contribution in [-0.2, 0) is 14.4 Å². The number of amides is 3. The van der Waals surface area contributed by atoms with Crippen molar-refractivity contribution in [1.82, 2.24) is 9.80 Å². The van der Waals surface area contributed by atoms with Crippen LogP contribution in [-0.4, -0.2) is 71.0 Å². The third-order valence-corrected chi connectivity index (χ3v) is 4.52. The molecule has 8 heteroatoms. The lowest BCUT2D eigenvalue weighted by molar-refractivity contribution is -0.177. The zero-order valence-corrected chi connectivity index (χ0v) is 12.1. The zero-order chi connectivity index (χ0) is 15.8. The average Bonchev–Trinajstić information content (AvgIpc) is 2.45. The maximum atomic E-state index is 12.4. The largest absolute Gasteiger partial charge is 0.391 e. The summed E-state index contributed by atoms with van der Waals surface area (Å²) in [5.41, 5.74) is 10.1. The Balaban J connectivity index is 1.99. The van der Waals surface area contributed by atoms with E-state index in [-0.39, 0.29) is 18.4 Å². The molecule has 0 bridgehead atoms. The summed E-state index contributed by atoms with van der Waals surface area (Å²) in [5, 5.41) is 9.61. The van der Waals surface area contributed by atoms with Gasteiger partial charge < -0.3 is 26.4 Å². The van der Waals surface area contributed by atoms with Gasteiger partial charge in [-0.1, -0.05) is 0 Å². The van der Waals surface area contributed by atoms with E-state index in [4.69, 9.17) is 11.5 Å². The number of β-lactam (4-membered cyclic amide) rings is 1. The van der Waals surface area contributed by atoms with Crippen LogP contribution < -0.4 is 11.5 Å². The molecule has 1 spiro atoms. The van der Waals surface area contributed by atoms with Crippen molar-refractivity contribution < 1.29 is 19.5 Å². The second-order valence-electron chi connectivity index (χ2n) is 5.89. The van der Waals surface area contributed by atoms with Gasteiger partial charge in [-0.15, -0.1) is 0 Å². The van der Waals surface area contributed by atoms with Gasteiger partial charge in [0.05, 0.1) is 18.1 Å². The Labute approximate surface area is 123 Å². The second kappa shape index (κ2) is 5.61. The van der Waals surface area contributed by atoms with Crippen molar-refractivity contribution >= 4 is 17.7 Å². The summed E-state index contributed by atoms with van der Waals surface area (Å²) in [6.07, 6.45) is 0.112. The molecule has 0 aromatic heterocycles. The first-order chi connectivity index (χ1) is 9.82. The molecule has 2 aliphatic heterocycles. The van der Waals surface area contributed by atoms with Crippen LogP contribution in [0.15, 0.2) is 0 Å². The number of hydrogen-bond donors (Lipinski definition) is 3. The number of hydrogen-bond acceptors (Lipinski definition) is 5. The summed E-state index contributed by atoms with van der Waals surface area (Å²) in [5.74, 6) is -0.983. The Morgan fingerprint density at radius 3 is 2.33 bits per heavy atom. The molecule has 0 aromatic rings. The number of aliphatic hydroxyl groups excluding tert-OH is 1. The molecule has 2 fully saturated rings. The maximum Gasteiger partial charge on any atom is 0.242 e. The fourth-order valence-electron chi connectivity index (χ4n) is 3.24. The van der Waals surface area contributed by atoms with E-state index in [2.05, 4.69) is 0 Å². The summed E-state index contributed by atoms with van der Waals surface area (Å²) >= 11 is 0. The van der Waals surface area contributed by atoms with Gasteiger partial charge >= 0.3 is 0 Å². The molecule has 2 saturated heterocycles. The third kappa shape index (κ3) is 2.60. The van der Waals surface area contributed by atoms with E-state index in [1.54, 1.807) is 4.90 Å². The highest BCUT2D eigenvalue weighted by atomic mass is 16.3. The van der Waals surface area contributed by atoms with Crippen molar-refractivity contribution in [2.45, 2.75) is 31.9 Å². The fraction of sp³-hybridized carbons (Fsp3) is 0.769. The van der Waals surface area contributed by atoms with Gasteiger partial charge in [0.2, 0.25) is 17.7 Å². The van der Waals surface area contributed by atoms with Gasteiger partial charge in [0, 0.05) is 19.6 Å². The van der Waals surface area contributed by atoms with Crippen LogP contribution in [0.1, 0.15) is 19.8 Å². The number of primary amides is 1. The Kier molecular flexibility index (Phi) is 4.20. The number of nitrogens with zero attached hydrogens (tertiary/aromatic N) is 2. The lowest BCUT2D eigenvalue weighted by Crippen LogP contribution is -2.70. The fourth-order valence-corrected chi connectivity index (χ4v) is 3.24. The van der Waals surface area contributed by atoms with Crippen LogP contribution in [0.4, 0.5) is 0 Å². The quantitative estimate of drug-likeness (QED) is 0.499. The molecule has 2 aliphatic rings. The predicted octanol–water partition coefficient (Wildman–Crippen LogP) is -2.37. The van der Waals surface area contributed by atoms with E-state index in [0.29, 0.717) is 32.5 Å². The van der Waals surface area contributed by atoms with Crippen molar-refractivity contribution in [3.8, 4) is 0 Å². The number of rotatable bonds is 4. The van der Waals surface area contributed by atoms with Crippen LogP contribution in [0.2, 0.25) is 0 Å². The minimum Gasteiger partial charge on any atom is -0.391 e. The molecule has 0 saturated carbocycles. The van der Waals surface area contributed by atoms with Crippen LogP contribution in [0.5, 0.6) is 0 Å². The van der Waals surface area contributed by atoms with Crippen molar-refractivity contribution in [3.63, 3.8) is 0 Å². The Hall–Kier alpha value is -1.67. The summed E-state index contributed by atoms with van der Waals surface area (Å²) in [4.78, 5) is 38.3. The highest BCUT2D eigenvalue weighted by Crippen LogP contribution is 2.43. The Morgan fingerprint density at radius 1 is 1.38 bits per heavy atom. The molecule has 21 heavy (non-hydrogen) atoms. The van der Waals surface area contributed by atoms with Gasteiger partial charge in [-0.3, -0.25) is 14.4 Å². The summed E-state index contributed by atoms with van der Waals surface area (Å²) in [7, 11) is 0. The minimum absolute atomic E-state index is 0.0289. The third-order valence-electron chi connectivity index (χ3n) is 4.52. The summed E-state index contributed by atoms with van der Waals surface area (Å²) in [6.45, 7) is 2.79. The SMILES string of the molecule is C[C@@H](O)[C@@H](C(N)=O)N1CC2(CCN(C(=O)CN)CC2)C1=O. The van der Waals surface area contributed by atoms with Crippen molar-refractivity contribution in [3.05, 3.63) is 0 Å². The van der Waals surface area contributed by atoms with Crippen molar-refractivity contribution in [2.24, 2.45) is 16.9 Å². The average molecular weight is 298 g/mol. The number of aliphatic hydroxyl groups is 1. The number of likely N-dealkylation sites (tertiary alicyclic amines) is 2. The predicted molar refractivity (Wildman–Crippen MR) is 73.7 cm³/mol. The van der Waals surface area contributed by atoms with E-state index < -0.39 is 23.5 Å². The molecule has 0 aromatic carbocycles. The van der Waals surface area contributed by atoms with Crippen molar-refractivity contribution in [2.75, 3.05) is 26.2 Å². The van der Waals surface area contributed by atoms with Crippen LogP contribution in [0, 0.1) is 5.41 Å². The number of carbonyl (C=O) groups excluding carboxylic acids is 3. The first-order valence-corrected chi connectivity index (χ1v) is 7.09. The molecule has 3 amide bonds. The second-order valence-corrected chi connectivity index (χ2v) is 5.89. The highest BCUT2D eigenvalue weighted by Gasteiger charge is 2.56. The van der Waals surface area contributed by atoms with E-state index in [0.717, 1.165) is 0 Å². The van der Waals surface area contributed by atoms with Gasteiger partial charge in [-0.2, -0.15) is 0 Å². The van der Waals surface area contributed by atoms with Gasteiger partial charge in [0.1, 0.15) is 6.04 Å². The van der Waals surface area contributed by atoms with Gasteiger partial charge in [0.25, 0.3) is 0 Å². The Bertz CT molecular complexity index is 457. The molecular formula is C13H22N4O4. The molecule has 0 aliphatic carbocycles. The van der Waals surface area contributed by atoms with E-state index >= 15 is 0 Å². The molecule has 2 heterocycles. The number of piperidine rings is 1. The minimum atomic E-state index is -0.997. The lowest BCUT2D eigenvalue weighted by atomic mass is 9.70. The normalized spacial score (nSPS) is 23.7. The van der Waals surface area contributed by atoms with Crippen LogP contribution in [0.3, 0.4) is 0 Å². The molecule has 0 unspecified atom stereocenters. The topological polar surface area (TPSA) is 130 Å². The zero-order valence-electron chi connectivity index (χ0n) is 12.1. The summed E-state index contributed by atoms with van der Waals surface area (Å²) in [6, 6.07) is -0.980. The first-order valence-electron chi connectivity index (χ1n) is 7.09. The molecule has 8 nitrogen and oxygen atoms in total. The van der Waals surface area contributed by atoms with Gasteiger partial charge in [-0.25, -0.2) is 0 Å². The maximum absolute atomic E-state index is 12.4. The molecule has 0 radical (unpaired) electrons. The van der Waals surface area contributed by atoms with E-state index in [9.17, 15) is 19.5 Å². The first kappa shape index (κ1) is 15.7. The highest BCUT2D eigenvalue weighted by molar-refractivity contribution is 5.94. The molecule has 118 valence electrons. The van der Waals surface area contributed by atoms with E-state index in [1.165, 1.54) is 11.8 Å². The van der Waals surface area contributed by atoms with Crippen LogP contribution >= 0.6 is 0 Å². The molecular weight excluding hydrogens is 276 g/mol. The summed E-state index contributed by atoms with van der Waals surface area (Å²) < 4.78 is 0. The molecule has 2 atom stereocenters. The van der Waals surface area contributed by atoms with Crippen LogP contribution in [0.25, 0.3) is 0 Å². The number of nitrogens with two attached hydrogens (primary N) is 2. The lowest BCUT2D eigenvalue weighted by Gasteiger charge is -2.54. The van der Waals surface area contributed by atoms with Gasteiger partial charge in [-0.05, 0) is 19.8 Å². The standard InChI is InChI=1S/C13H22N4O4/c1-8(18)10(11(15)20)17-7-13(12(17)21)2-4-16(5-3-13)9(19)6-14/h8,10,18H,2-7,14H2,1H3,(H2,15,20)/t8-,10+/m1/s1. The monoisotopic (exact) mass is 298 g/mol.